The molecule has 150 valence electrons. The van der Waals surface area contributed by atoms with Crippen LogP contribution in [0.5, 0.6) is 0 Å². The van der Waals surface area contributed by atoms with Gasteiger partial charge < -0.3 is 15.1 Å². The summed E-state index contributed by atoms with van der Waals surface area (Å²) in [6, 6.07) is 1.92. The van der Waals surface area contributed by atoms with Gasteiger partial charge in [-0.25, -0.2) is 19.9 Å². The van der Waals surface area contributed by atoms with E-state index in [0.717, 1.165) is 66.5 Å². The van der Waals surface area contributed by atoms with Crippen molar-refractivity contribution < 1.29 is 4.79 Å². The van der Waals surface area contributed by atoms with E-state index in [-0.39, 0.29) is 11.8 Å². The van der Waals surface area contributed by atoms with Gasteiger partial charge in [-0.1, -0.05) is 0 Å². The number of hydrogen-bond donors (Lipinski definition) is 1. The first-order valence-electron chi connectivity index (χ1n) is 9.91. The molecule has 9 heteroatoms. The van der Waals surface area contributed by atoms with Crippen LogP contribution in [0.4, 0.5) is 11.8 Å². The maximum Gasteiger partial charge on any atom is 0.293 e. The molecule has 3 aliphatic rings. The van der Waals surface area contributed by atoms with Gasteiger partial charge in [-0.3, -0.25) is 4.79 Å². The van der Waals surface area contributed by atoms with E-state index >= 15 is 0 Å². The van der Waals surface area contributed by atoms with E-state index in [4.69, 9.17) is 4.98 Å². The molecule has 0 radical (unpaired) electrons. The number of anilines is 2. The molecule has 5 heterocycles. The lowest BCUT2D eigenvalue weighted by atomic mass is 9.92. The summed E-state index contributed by atoms with van der Waals surface area (Å²) in [6.07, 6.45) is 6.40. The predicted molar refractivity (Wildman–Crippen MR) is 117 cm³/mol. The van der Waals surface area contributed by atoms with Crippen LogP contribution in [-0.4, -0.2) is 76.2 Å². The Morgan fingerprint density at radius 1 is 1.21 bits per heavy atom. The monoisotopic (exact) mass is 409 g/mol. The molecule has 2 aromatic heterocycles. The molecule has 1 amide bonds. The second-order valence-corrected chi connectivity index (χ2v) is 8.82. The predicted octanol–water partition coefficient (Wildman–Crippen LogP) is 1.81. The molecule has 3 aliphatic heterocycles. The Kier molecular flexibility index (Phi) is 4.92. The Hall–Kier alpha value is -2.52. The van der Waals surface area contributed by atoms with E-state index in [0.29, 0.717) is 11.6 Å². The number of nitrogens with one attached hydrogen (secondary N) is 1. The molecule has 0 saturated carbocycles. The highest BCUT2D eigenvalue weighted by Crippen LogP contribution is 2.27. The fourth-order valence-corrected chi connectivity index (χ4v) is 4.90. The van der Waals surface area contributed by atoms with Crippen LogP contribution in [0.3, 0.4) is 0 Å². The third-order valence-corrected chi connectivity index (χ3v) is 6.51. The van der Waals surface area contributed by atoms with E-state index in [1.54, 1.807) is 12.4 Å². The first-order chi connectivity index (χ1) is 14.2. The first-order valence-corrected chi connectivity index (χ1v) is 11.1. The minimum absolute atomic E-state index is 0.164. The molecule has 5 rings (SSSR count). The van der Waals surface area contributed by atoms with Gasteiger partial charge in [0.2, 0.25) is 5.95 Å². The van der Waals surface area contributed by atoms with E-state index in [2.05, 4.69) is 37.1 Å². The number of aromatic nitrogens is 3. The molecule has 8 nitrogen and oxygen atoms in total. The number of hydrogen-bond acceptors (Lipinski definition) is 8. The highest BCUT2D eigenvalue weighted by atomic mass is 32.2. The zero-order valence-corrected chi connectivity index (χ0v) is 17.2. The van der Waals surface area contributed by atoms with Gasteiger partial charge in [-0.05, 0) is 25.6 Å². The molecule has 1 N–H and O–H groups in total. The Labute approximate surface area is 173 Å². The summed E-state index contributed by atoms with van der Waals surface area (Å²) in [5, 5.41) is 4.06. The van der Waals surface area contributed by atoms with Gasteiger partial charge >= 0.3 is 0 Å². The number of thioether (sulfide) groups is 1. The fraction of sp³-hybridized carbons (Fsp3) is 0.450. The highest BCUT2D eigenvalue weighted by Gasteiger charge is 2.28. The van der Waals surface area contributed by atoms with Crippen LogP contribution in [0.2, 0.25) is 0 Å². The number of amides is 1. The lowest BCUT2D eigenvalue weighted by molar-refractivity contribution is -0.114. The van der Waals surface area contributed by atoms with Crippen molar-refractivity contribution in [1.29, 1.82) is 0 Å². The Morgan fingerprint density at radius 3 is 2.93 bits per heavy atom. The number of fused-ring (bicyclic) bond motifs is 2. The van der Waals surface area contributed by atoms with Crippen molar-refractivity contribution in [3.8, 4) is 0 Å². The number of carbonyl (C=O) groups is 1. The van der Waals surface area contributed by atoms with Gasteiger partial charge in [-0.15, -0.1) is 0 Å². The Bertz CT molecular complexity index is 1020. The van der Waals surface area contributed by atoms with Crippen LogP contribution < -0.4 is 10.2 Å². The van der Waals surface area contributed by atoms with Crippen molar-refractivity contribution in [1.82, 2.24) is 19.9 Å². The molecule has 1 atom stereocenters. The number of nitrogens with zero attached hydrogens (tertiary/aromatic N) is 6. The molecule has 2 fully saturated rings. The van der Waals surface area contributed by atoms with Crippen LogP contribution >= 0.6 is 11.8 Å². The Balaban J connectivity index is 1.44. The van der Waals surface area contributed by atoms with Gasteiger partial charge in [0.15, 0.2) is 5.82 Å². The average molecular weight is 410 g/mol. The number of likely N-dealkylation sites (tertiary alicyclic amines) is 1. The summed E-state index contributed by atoms with van der Waals surface area (Å²) in [6.45, 7) is 3.73. The van der Waals surface area contributed by atoms with E-state index in [9.17, 15) is 4.79 Å². The van der Waals surface area contributed by atoms with Crippen molar-refractivity contribution in [2.75, 3.05) is 54.9 Å². The Morgan fingerprint density at radius 2 is 2.07 bits per heavy atom. The SMILES string of the molecule is CN1CCC2=NC(=O)C(Nc3ncc4ccnc(N5CCSCC5)c4n3)=CC2C1. The molecule has 1 unspecified atom stereocenters. The summed E-state index contributed by atoms with van der Waals surface area (Å²) >= 11 is 1.96. The molecular weight excluding hydrogens is 386 g/mol. The van der Waals surface area contributed by atoms with Crippen molar-refractivity contribution in [3.63, 3.8) is 0 Å². The van der Waals surface area contributed by atoms with E-state index in [1.165, 1.54) is 0 Å². The van der Waals surface area contributed by atoms with Gasteiger partial charge in [0.1, 0.15) is 11.2 Å². The summed E-state index contributed by atoms with van der Waals surface area (Å²) in [7, 11) is 2.09. The van der Waals surface area contributed by atoms with Crippen molar-refractivity contribution >= 4 is 46.0 Å². The second kappa shape index (κ2) is 7.72. The number of dihydropyridines is 1. The molecule has 0 bridgehead atoms. The summed E-state index contributed by atoms with van der Waals surface area (Å²) in [5.41, 5.74) is 2.24. The van der Waals surface area contributed by atoms with Crippen molar-refractivity contribution in [2.24, 2.45) is 10.9 Å². The normalized spacial score (nSPS) is 22.9. The number of aliphatic imine (C=N–C) groups is 1. The smallest absolute Gasteiger partial charge is 0.293 e. The van der Waals surface area contributed by atoms with Crippen LogP contribution in [0.1, 0.15) is 6.42 Å². The summed E-state index contributed by atoms with van der Waals surface area (Å²) in [5.74, 6) is 3.38. The third kappa shape index (κ3) is 3.72. The number of pyridine rings is 1. The van der Waals surface area contributed by atoms with Crippen molar-refractivity contribution in [2.45, 2.75) is 6.42 Å². The largest absolute Gasteiger partial charge is 0.353 e. The summed E-state index contributed by atoms with van der Waals surface area (Å²) in [4.78, 5) is 35.1. The van der Waals surface area contributed by atoms with Gasteiger partial charge in [0, 0.05) is 67.1 Å². The molecule has 0 spiro atoms. The molecular formula is C20H23N7OS. The first kappa shape index (κ1) is 18.5. The number of carbonyl (C=O) groups excluding carboxylic acids is 1. The minimum atomic E-state index is -0.246. The molecule has 2 aromatic rings. The molecule has 29 heavy (non-hydrogen) atoms. The maximum atomic E-state index is 12.5. The van der Waals surface area contributed by atoms with E-state index < -0.39 is 0 Å². The molecule has 0 aromatic carbocycles. The zero-order valence-electron chi connectivity index (χ0n) is 16.3. The van der Waals surface area contributed by atoms with Crippen LogP contribution in [0, 0.1) is 5.92 Å². The van der Waals surface area contributed by atoms with Gasteiger partial charge in [0.05, 0.1) is 0 Å². The zero-order chi connectivity index (χ0) is 19.8. The second-order valence-electron chi connectivity index (χ2n) is 7.60. The molecule has 2 saturated heterocycles. The van der Waals surface area contributed by atoms with Crippen LogP contribution in [-0.2, 0) is 4.79 Å². The standard InChI is InChI=1S/C20H23N7OS/c1-26-5-3-15-14(12-26)10-16(19(28)23-15)24-20-22-11-13-2-4-21-18(17(13)25-20)27-6-8-29-9-7-27/h2,4,10-11,14H,3,5-9,12H2,1H3,(H,22,24,25). The fourth-order valence-electron chi connectivity index (χ4n) is 4.00. The van der Waals surface area contributed by atoms with Crippen LogP contribution in [0.25, 0.3) is 10.9 Å². The number of piperidine rings is 1. The quantitative estimate of drug-likeness (QED) is 0.821. The van der Waals surface area contributed by atoms with E-state index in [1.807, 2.05) is 23.9 Å². The minimum Gasteiger partial charge on any atom is -0.353 e. The summed E-state index contributed by atoms with van der Waals surface area (Å²) < 4.78 is 0. The highest BCUT2D eigenvalue weighted by molar-refractivity contribution is 7.99. The average Bonchev–Trinajstić information content (AvgIpc) is 2.75. The van der Waals surface area contributed by atoms with Crippen LogP contribution in [0.15, 0.2) is 35.2 Å². The lowest BCUT2D eigenvalue weighted by Gasteiger charge is -2.31. The topological polar surface area (TPSA) is 86.6 Å². The maximum absolute atomic E-state index is 12.5. The molecule has 0 aliphatic carbocycles. The van der Waals surface area contributed by atoms with Gasteiger partial charge in [-0.2, -0.15) is 11.8 Å². The van der Waals surface area contributed by atoms with Gasteiger partial charge in [0.25, 0.3) is 5.91 Å². The lowest BCUT2D eigenvalue weighted by Crippen LogP contribution is -2.40. The number of rotatable bonds is 3. The third-order valence-electron chi connectivity index (χ3n) is 5.57. The van der Waals surface area contributed by atoms with Crippen molar-refractivity contribution in [3.05, 3.63) is 30.2 Å².